The van der Waals surface area contributed by atoms with Crippen LogP contribution < -0.4 is 5.32 Å². The summed E-state index contributed by atoms with van der Waals surface area (Å²) in [4.78, 5) is 6.61. The minimum Gasteiger partial charge on any atom is -0.391 e. The number of hydrogen-bond acceptors (Lipinski definition) is 4. The zero-order valence-electron chi connectivity index (χ0n) is 15.8. The Hall–Kier alpha value is -0.870. The van der Waals surface area contributed by atoms with Crippen LogP contribution in [0.5, 0.6) is 0 Å². The van der Waals surface area contributed by atoms with Gasteiger partial charge in [0.25, 0.3) is 0 Å². The first-order chi connectivity index (χ1) is 12.2. The van der Waals surface area contributed by atoms with Crippen molar-refractivity contribution >= 4 is 29.9 Å². The Morgan fingerprint density at radius 3 is 2.85 bits per heavy atom. The van der Waals surface area contributed by atoms with Gasteiger partial charge in [-0.25, -0.2) is 0 Å². The quantitative estimate of drug-likeness (QED) is 0.394. The van der Waals surface area contributed by atoms with E-state index in [-0.39, 0.29) is 36.2 Å². The predicted octanol–water partition coefficient (Wildman–Crippen LogP) is 1.93. The molecule has 1 aromatic rings. The Balaban J connectivity index is 0.00000243. The summed E-state index contributed by atoms with van der Waals surface area (Å²) in [5.74, 6) is 1.26. The molecule has 26 heavy (non-hydrogen) atoms. The number of aliphatic hydroxyl groups is 1. The van der Waals surface area contributed by atoms with E-state index in [1.165, 1.54) is 19.3 Å². The maximum absolute atomic E-state index is 10.5. The number of nitrogens with one attached hydrogen (secondary N) is 1. The molecule has 0 amide bonds. The SMILES string of the molecule is CN=C(NCC(O)C1CCCCC1)N1CCOC(c2cnn(C)c2)C1.I. The van der Waals surface area contributed by atoms with Crippen LogP contribution in [0, 0.1) is 5.92 Å². The van der Waals surface area contributed by atoms with Crippen LogP contribution in [-0.4, -0.2) is 65.1 Å². The Morgan fingerprint density at radius 1 is 1.42 bits per heavy atom. The number of aliphatic imine (C=N–C) groups is 1. The van der Waals surface area contributed by atoms with E-state index in [9.17, 15) is 5.11 Å². The lowest BCUT2D eigenvalue weighted by molar-refractivity contribution is -0.00841. The molecule has 0 aromatic carbocycles. The smallest absolute Gasteiger partial charge is 0.193 e. The third-order valence-electron chi connectivity index (χ3n) is 5.34. The number of ether oxygens (including phenoxy) is 1. The number of aryl methyl sites for hydroxylation is 1. The highest BCUT2D eigenvalue weighted by Crippen LogP contribution is 2.26. The van der Waals surface area contributed by atoms with Gasteiger partial charge in [0, 0.05) is 38.9 Å². The van der Waals surface area contributed by atoms with Crippen LogP contribution in [0.1, 0.15) is 43.8 Å². The minimum absolute atomic E-state index is 0. The Kier molecular flexibility index (Phi) is 8.62. The molecule has 2 heterocycles. The molecule has 0 radical (unpaired) electrons. The fourth-order valence-corrected chi connectivity index (χ4v) is 3.86. The van der Waals surface area contributed by atoms with Gasteiger partial charge in [-0.2, -0.15) is 5.10 Å². The van der Waals surface area contributed by atoms with Gasteiger partial charge in [-0.15, -0.1) is 24.0 Å². The van der Waals surface area contributed by atoms with E-state index >= 15 is 0 Å². The second-order valence-corrected chi connectivity index (χ2v) is 7.15. The summed E-state index contributed by atoms with van der Waals surface area (Å²) in [6.07, 6.45) is 9.64. The first-order valence-corrected chi connectivity index (χ1v) is 9.41. The van der Waals surface area contributed by atoms with E-state index in [1.54, 1.807) is 11.7 Å². The van der Waals surface area contributed by atoms with Crippen LogP contribution in [0.15, 0.2) is 17.4 Å². The van der Waals surface area contributed by atoms with Gasteiger partial charge in [0.1, 0.15) is 6.10 Å². The Morgan fingerprint density at radius 2 is 2.19 bits per heavy atom. The monoisotopic (exact) mass is 477 g/mol. The van der Waals surface area contributed by atoms with Crippen LogP contribution >= 0.6 is 24.0 Å². The van der Waals surface area contributed by atoms with E-state index in [2.05, 4.69) is 20.3 Å². The molecular formula is C18H32IN5O2. The second-order valence-electron chi connectivity index (χ2n) is 7.15. The first-order valence-electron chi connectivity index (χ1n) is 9.41. The summed E-state index contributed by atoms with van der Waals surface area (Å²) in [7, 11) is 3.71. The molecule has 0 spiro atoms. The highest BCUT2D eigenvalue weighted by atomic mass is 127. The summed E-state index contributed by atoms with van der Waals surface area (Å²) < 4.78 is 7.69. The van der Waals surface area contributed by atoms with Crippen LogP contribution in [-0.2, 0) is 11.8 Å². The molecule has 8 heteroatoms. The molecule has 3 rings (SSSR count). The standard InChI is InChI=1S/C18H31N5O2.HI/c1-19-18(20-11-16(24)14-6-4-3-5-7-14)23-8-9-25-17(13-23)15-10-21-22(2)12-15;/h10,12,14,16-17,24H,3-9,11,13H2,1-2H3,(H,19,20);1H. The van der Waals surface area contributed by atoms with Gasteiger partial charge < -0.3 is 20.1 Å². The average Bonchev–Trinajstić information content (AvgIpc) is 3.09. The normalized spacial score (nSPS) is 23.4. The molecule has 2 N–H and O–H groups in total. The maximum Gasteiger partial charge on any atom is 0.193 e. The fourth-order valence-electron chi connectivity index (χ4n) is 3.86. The highest BCUT2D eigenvalue weighted by Gasteiger charge is 2.26. The Bertz CT molecular complexity index is 574. The van der Waals surface area contributed by atoms with Crippen molar-refractivity contribution in [3.63, 3.8) is 0 Å². The van der Waals surface area contributed by atoms with Gasteiger partial charge in [-0.05, 0) is 18.8 Å². The fraction of sp³-hybridized carbons (Fsp3) is 0.778. The average molecular weight is 477 g/mol. The van der Waals surface area contributed by atoms with Crippen LogP contribution in [0.3, 0.4) is 0 Å². The molecular weight excluding hydrogens is 445 g/mol. The number of aromatic nitrogens is 2. The number of hydrogen-bond donors (Lipinski definition) is 2. The molecule has 0 bridgehead atoms. The number of aliphatic hydroxyl groups excluding tert-OH is 1. The number of rotatable bonds is 4. The van der Waals surface area contributed by atoms with Crippen molar-refractivity contribution in [2.75, 3.05) is 33.3 Å². The van der Waals surface area contributed by atoms with E-state index in [0.717, 1.165) is 37.5 Å². The van der Waals surface area contributed by atoms with Crippen molar-refractivity contribution in [3.05, 3.63) is 18.0 Å². The highest BCUT2D eigenvalue weighted by molar-refractivity contribution is 14.0. The lowest BCUT2D eigenvalue weighted by Gasteiger charge is -2.35. The van der Waals surface area contributed by atoms with Crippen molar-refractivity contribution in [1.29, 1.82) is 0 Å². The lowest BCUT2D eigenvalue weighted by atomic mass is 9.85. The van der Waals surface area contributed by atoms with Gasteiger partial charge in [0.15, 0.2) is 5.96 Å². The van der Waals surface area contributed by atoms with Crippen molar-refractivity contribution in [2.24, 2.45) is 18.0 Å². The molecule has 2 aliphatic rings. The summed E-state index contributed by atoms with van der Waals surface area (Å²) in [5.41, 5.74) is 1.09. The molecule has 7 nitrogen and oxygen atoms in total. The van der Waals surface area contributed by atoms with Crippen molar-refractivity contribution < 1.29 is 9.84 Å². The minimum atomic E-state index is -0.299. The van der Waals surface area contributed by atoms with Gasteiger partial charge in [-0.3, -0.25) is 9.67 Å². The van der Waals surface area contributed by atoms with Gasteiger partial charge in [0.2, 0.25) is 0 Å². The Labute approximate surface area is 173 Å². The van der Waals surface area contributed by atoms with E-state index in [1.807, 2.05) is 19.4 Å². The van der Waals surface area contributed by atoms with Gasteiger partial charge in [-0.1, -0.05) is 19.3 Å². The zero-order chi connectivity index (χ0) is 17.6. The topological polar surface area (TPSA) is 74.9 Å². The summed E-state index contributed by atoms with van der Waals surface area (Å²) in [6, 6.07) is 0. The molecule has 2 unspecified atom stereocenters. The van der Waals surface area contributed by atoms with Crippen LogP contribution in [0.2, 0.25) is 0 Å². The van der Waals surface area contributed by atoms with E-state index in [0.29, 0.717) is 19.1 Å². The van der Waals surface area contributed by atoms with Crippen molar-refractivity contribution in [3.8, 4) is 0 Å². The molecule has 2 atom stereocenters. The van der Waals surface area contributed by atoms with Crippen LogP contribution in [0.4, 0.5) is 0 Å². The molecule has 2 fully saturated rings. The van der Waals surface area contributed by atoms with Gasteiger partial charge in [0.05, 0.1) is 25.5 Å². The lowest BCUT2D eigenvalue weighted by Crippen LogP contribution is -2.50. The largest absolute Gasteiger partial charge is 0.391 e. The summed E-state index contributed by atoms with van der Waals surface area (Å²) >= 11 is 0. The molecule has 1 saturated carbocycles. The number of morpholine rings is 1. The van der Waals surface area contributed by atoms with Gasteiger partial charge >= 0.3 is 0 Å². The number of nitrogens with zero attached hydrogens (tertiary/aromatic N) is 4. The zero-order valence-corrected chi connectivity index (χ0v) is 18.1. The molecule has 1 aliphatic carbocycles. The number of halogens is 1. The van der Waals surface area contributed by atoms with Crippen LogP contribution in [0.25, 0.3) is 0 Å². The van der Waals surface area contributed by atoms with E-state index in [4.69, 9.17) is 4.74 Å². The third-order valence-corrected chi connectivity index (χ3v) is 5.34. The molecule has 1 saturated heterocycles. The maximum atomic E-state index is 10.5. The molecule has 148 valence electrons. The number of guanidine groups is 1. The third kappa shape index (κ3) is 5.56. The van der Waals surface area contributed by atoms with E-state index < -0.39 is 0 Å². The predicted molar refractivity (Wildman–Crippen MR) is 113 cm³/mol. The summed E-state index contributed by atoms with van der Waals surface area (Å²) in [5, 5.41) is 18.1. The molecule has 1 aliphatic heterocycles. The summed E-state index contributed by atoms with van der Waals surface area (Å²) in [6.45, 7) is 2.76. The molecule has 1 aromatic heterocycles. The van der Waals surface area contributed by atoms with Crippen molar-refractivity contribution in [1.82, 2.24) is 20.0 Å². The second kappa shape index (κ2) is 10.5. The first kappa shape index (κ1) is 21.4. The van der Waals surface area contributed by atoms with Crippen molar-refractivity contribution in [2.45, 2.75) is 44.3 Å².